The summed E-state index contributed by atoms with van der Waals surface area (Å²) in [6, 6.07) is 9.26. The quantitative estimate of drug-likeness (QED) is 0.916. The van der Waals surface area contributed by atoms with Gasteiger partial charge >= 0.3 is 0 Å². The predicted octanol–water partition coefficient (Wildman–Crippen LogP) is 4.04. The molecule has 1 aliphatic heterocycles. The van der Waals surface area contributed by atoms with Gasteiger partial charge in [0, 0.05) is 28.4 Å². The number of nitrogens with zero attached hydrogens (tertiary/aromatic N) is 1. The Hall–Kier alpha value is -1.00. The highest BCUT2D eigenvalue weighted by molar-refractivity contribution is 7.99. The summed E-state index contributed by atoms with van der Waals surface area (Å²) in [5.74, 6) is 2.51. The van der Waals surface area contributed by atoms with Gasteiger partial charge in [-0.15, -0.1) is 11.3 Å². The maximum absolute atomic E-state index is 4.51. The zero-order valence-corrected chi connectivity index (χ0v) is 12.0. The second kappa shape index (κ2) is 5.33. The van der Waals surface area contributed by atoms with Gasteiger partial charge in [-0.05, 0) is 31.2 Å². The van der Waals surface area contributed by atoms with Crippen LogP contribution < -0.4 is 5.32 Å². The molecule has 1 aliphatic rings. The molecule has 1 N–H and O–H groups in total. The molecule has 2 heterocycles. The van der Waals surface area contributed by atoms with Crippen molar-refractivity contribution in [3.63, 3.8) is 0 Å². The SMILES string of the molecule is Cc1nc(-c2ccc(NC3CCSC3)cc2)cs1. The van der Waals surface area contributed by atoms with Crippen LogP contribution in [0.4, 0.5) is 5.69 Å². The maximum Gasteiger partial charge on any atom is 0.0901 e. The maximum atomic E-state index is 4.51. The van der Waals surface area contributed by atoms with E-state index in [9.17, 15) is 0 Å². The average molecular weight is 276 g/mol. The van der Waals surface area contributed by atoms with Gasteiger partial charge in [0.15, 0.2) is 0 Å². The van der Waals surface area contributed by atoms with E-state index in [1.165, 1.54) is 29.2 Å². The molecule has 1 fully saturated rings. The van der Waals surface area contributed by atoms with Crippen molar-refractivity contribution in [3.05, 3.63) is 34.7 Å². The van der Waals surface area contributed by atoms with Gasteiger partial charge in [0.2, 0.25) is 0 Å². The van der Waals surface area contributed by atoms with Gasteiger partial charge in [-0.2, -0.15) is 11.8 Å². The van der Waals surface area contributed by atoms with Crippen molar-refractivity contribution in [2.45, 2.75) is 19.4 Å². The largest absolute Gasteiger partial charge is 0.381 e. The summed E-state index contributed by atoms with van der Waals surface area (Å²) in [5.41, 5.74) is 3.50. The van der Waals surface area contributed by atoms with Crippen molar-refractivity contribution in [3.8, 4) is 11.3 Å². The van der Waals surface area contributed by atoms with Crippen LogP contribution >= 0.6 is 23.1 Å². The number of anilines is 1. The smallest absolute Gasteiger partial charge is 0.0901 e. The standard InChI is InChI=1S/C14H16N2S2/c1-10-15-14(9-18-10)11-2-4-12(5-3-11)16-13-6-7-17-8-13/h2-5,9,13,16H,6-8H2,1H3. The third-order valence-electron chi connectivity index (χ3n) is 3.10. The zero-order chi connectivity index (χ0) is 12.4. The van der Waals surface area contributed by atoms with E-state index in [0.29, 0.717) is 6.04 Å². The highest BCUT2D eigenvalue weighted by Gasteiger charge is 2.14. The van der Waals surface area contributed by atoms with Crippen LogP contribution in [0.3, 0.4) is 0 Å². The molecule has 94 valence electrons. The number of aromatic nitrogens is 1. The van der Waals surface area contributed by atoms with E-state index >= 15 is 0 Å². The first-order chi connectivity index (χ1) is 8.81. The first-order valence-electron chi connectivity index (χ1n) is 6.18. The van der Waals surface area contributed by atoms with Crippen molar-refractivity contribution in [2.24, 2.45) is 0 Å². The van der Waals surface area contributed by atoms with Gasteiger partial charge < -0.3 is 5.32 Å². The molecule has 1 aromatic heterocycles. The van der Waals surface area contributed by atoms with Crippen molar-refractivity contribution in [1.82, 2.24) is 4.98 Å². The summed E-state index contributed by atoms with van der Waals surface area (Å²) in [7, 11) is 0. The molecule has 1 atom stereocenters. The number of hydrogen-bond donors (Lipinski definition) is 1. The molecule has 0 aliphatic carbocycles. The van der Waals surface area contributed by atoms with E-state index in [1.54, 1.807) is 11.3 Å². The van der Waals surface area contributed by atoms with E-state index in [2.05, 4.69) is 39.9 Å². The summed E-state index contributed by atoms with van der Waals surface area (Å²) >= 11 is 3.73. The van der Waals surface area contributed by atoms with Crippen molar-refractivity contribution >= 4 is 28.8 Å². The fourth-order valence-electron chi connectivity index (χ4n) is 2.12. The Labute approximate surface area is 116 Å². The molecule has 0 amide bonds. The van der Waals surface area contributed by atoms with Gasteiger partial charge in [-0.25, -0.2) is 4.98 Å². The predicted molar refractivity (Wildman–Crippen MR) is 81.6 cm³/mol. The molecule has 2 nitrogen and oxygen atoms in total. The first kappa shape index (κ1) is 12.1. The van der Waals surface area contributed by atoms with Crippen molar-refractivity contribution < 1.29 is 0 Å². The molecule has 1 unspecified atom stereocenters. The summed E-state index contributed by atoms with van der Waals surface area (Å²) < 4.78 is 0. The Morgan fingerprint density at radius 1 is 1.28 bits per heavy atom. The van der Waals surface area contributed by atoms with Gasteiger partial charge in [0.05, 0.1) is 10.7 Å². The normalized spacial score (nSPS) is 19.1. The van der Waals surface area contributed by atoms with Crippen LogP contribution in [0.2, 0.25) is 0 Å². The van der Waals surface area contributed by atoms with E-state index in [-0.39, 0.29) is 0 Å². The summed E-state index contributed by atoms with van der Waals surface area (Å²) in [5, 5.41) is 6.82. The Morgan fingerprint density at radius 2 is 2.11 bits per heavy atom. The topological polar surface area (TPSA) is 24.9 Å². The molecular weight excluding hydrogens is 260 g/mol. The van der Waals surface area contributed by atoms with Crippen LogP contribution in [-0.2, 0) is 0 Å². The highest BCUT2D eigenvalue weighted by atomic mass is 32.2. The third kappa shape index (κ3) is 2.70. The minimum Gasteiger partial charge on any atom is -0.381 e. The third-order valence-corrected chi connectivity index (χ3v) is 5.04. The number of hydrogen-bond acceptors (Lipinski definition) is 4. The van der Waals surface area contributed by atoms with E-state index in [0.717, 1.165) is 10.7 Å². The molecule has 0 spiro atoms. The van der Waals surface area contributed by atoms with Crippen molar-refractivity contribution in [1.29, 1.82) is 0 Å². The molecule has 2 aromatic rings. The summed E-state index contributed by atoms with van der Waals surface area (Å²) in [6.07, 6.45) is 1.28. The summed E-state index contributed by atoms with van der Waals surface area (Å²) in [4.78, 5) is 4.51. The number of benzene rings is 1. The van der Waals surface area contributed by atoms with Gasteiger partial charge in [0.25, 0.3) is 0 Å². The second-order valence-electron chi connectivity index (χ2n) is 4.53. The van der Waals surface area contributed by atoms with E-state index in [4.69, 9.17) is 0 Å². The lowest BCUT2D eigenvalue weighted by Crippen LogP contribution is -2.17. The fraction of sp³-hybridized carbons (Fsp3) is 0.357. The number of nitrogens with one attached hydrogen (secondary N) is 1. The Morgan fingerprint density at radius 3 is 2.72 bits per heavy atom. The molecule has 3 rings (SSSR count). The minimum absolute atomic E-state index is 0.641. The first-order valence-corrected chi connectivity index (χ1v) is 8.21. The molecule has 0 saturated carbocycles. The molecular formula is C14H16N2S2. The number of rotatable bonds is 3. The molecule has 4 heteroatoms. The lowest BCUT2D eigenvalue weighted by Gasteiger charge is -2.12. The number of aryl methyl sites for hydroxylation is 1. The molecule has 1 aromatic carbocycles. The van der Waals surface area contributed by atoms with Crippen LogP contribution in [0.25, 0.3) is 11.3 Å². The average Bonchev–Trinajstić information content (AvgIpc) is 3.02. The molecule has 0 bridgehead atoms. The lowest BCUT2D eigenvalue weighted by atomic mass is 10.1. The lowest BCUT2D eigenvalue weighted by molar-refractivity contribution is 0.813. The zero-order valence-electron chi connectivity index (χ0n) is 10.3. The van der Waals surface area contributed by atoms with Crippen LogP contribution in [0, 0.1) is 6.92 Å². The minimum atomic E-state index is 0.641. The molecule has 1 saturated heterocycles. The molecule has 0 radical (unpaired) electrons. The number of thioether (sulfide) groups is 1. The molecule has 18 heavy (non-hydrogen) atoms. The highest BCUT2D eigenvalue weighted by Crippen LogP contribution is 2.25. The fourth-order valence-corrected chi connectivity index (χ4v) is 3.89. The Balaban J connectivity index is 1.72. The van der Waals surface area contributed by atoms with Gasteiger partial charge in [0.1, 0.15) is 0 Å². The van der Waals surface area contributed by atoms with E-state index in [1.807, 2.05) is 18.7 Å². The van der Waals surface area contributed by atoms with E-state index < -0.39 is 0 Å². The van der Waals surface area contributed by atoms with Crippen LogP contribution in [0.5, 0.6) is 0 Å². The van der Waals surface area contributed by atoms with Crippen LogP contribution in [-0.4, -0.2) is 22.5 Å². The Kier molecular flexibility index (Phi) is 3.57. The van der Waals surface area contributed by atoms with Gasteiger partial charge in [-0.1, -0.05) is 12.1 Å². The van der Waals surface area contributed by atoms with Crippen molar-refractivity contribution in [2.75, 3.05) is 16.8 Å². The Bertz CT molecular complexity index is 513. The monoisotopic (exact) mass is 276 g/mol. The number of thiazole rings is 1. The van der Waals surface area contributed by atoms with Crippen LogP contribution in [0.1, 0.15) is 11.4 Å². The summed E-state index contributed by atoms with van der Waals surface area (Å²) in [6.45, 7) is 2.04. The second-order valence-corrected chi connectivity index (χ2v) is 6.75. The van der Waals surface area contributed by atoms with Gasteiger partial charge in [-0.3, -0.25) is 0 Å². The van der Waals surface area contributed by atoms with Crippen LogP contribution in [0.15, 0.2) is 29.6 Å².